The Morgan fingerprint density at radius 2 is 1.62 bits per heavy atom. The first-order chi connectivity index (χ1) is 7.68. The predicted molar refractivity (Wildman–Crippen MR) is 73.9 cm³/mol. The molecule has 1 rings (SSSR count). The molecule has 0 bridgehead atoms. The standard InChI is InChI=1S/C11H16FIO2Si/c1-3-14-16(9-13,15-4-2)11-7-5-10(12)6-8-11/h5-8H,3-4,9H2,1-2H3. The molecule has 0 fully saturated rings. The molecule has 1 aromatic carbocycles. The first kappa shape index (κ1) is 14.1. The molecule has 90 valence electrons. The van der Waals surface area contributed by atoms with E-state index in [2.05, 4.69) is 22.6 Å². The van der Waals surface area contributed by atoms with Gasteiger partial charge in [0.15, 0.2) is 0 Å². The van der Waals surface area contributed by atoms with Crippen molar-refractivity contribution in [3.63, 3.8) is 0 Å². The molecule has 0 heterocycles. The van der Waals surface area contributed by atoms with Gasteiger partial charge in [-0.15, -0.1) is 0 Å². The van der Waals surface area contributed by atoms with Gasteiger partial charge in [0.05, 0.1) is 0 Å². The monoisotopic (exact) mass is 354 g/mol. The summed E-state index contributed by atoms with van der Waals surface area (Å²) in [5.74, 6) is -0.229. The fourth-order valence-electron chi connectivity index (χ4n) is 1.53. The minimum Gasteiger partial charge on any atom is -0.391 e. The second kappa shape index (κ2) is 6.68. The van der Waals surface area contributed by atoms with Crippen LogP contribution in [0.4, 0.5) is 4.39 Å². The lowest BCUT2D eigenvalue weighted by Crippen LogP contribution is -2.56. The van der Waals surface area contributed by atoms with Gasteiger partial charge in [-0.1, -0.05) is 34.7 Å². The van der Waals surface area contributed by atoms with Crippen molar-refractivity contribution in [3.05, 3.63) is 30.1 Å². The quantitative estimate of drug-likeness (QED) is 0.444. The molecule has 5 heteroatoms. The van der Waals surface area contributed by atoms with Crippen LogP contribution in [-0.2, 0) is 8.85 Å². The van der Waals surface area contributed by atoms with E-state index in [1.807, 2.05) is 13.8 Å². The highest BCUT2D eigenvalue weighted by Crippen LogP contribution is 2.12. The molecule has 2 nitrogen and oxygen atoms in total. The summed E-state index contributed by atoms with van der Waals surface area (Å²) in [7, 11) is -2.35. The van der Waals surface area contributed by atoms with E-state index >= 15 is 0 Å². The molecule has 0 N–H and O–H groups in total. The van der Waals surface area contributed by atoms with Crippen molar-refractivity contribution in [2.24, 2.45) is 0 Å². The van der Waals surface area contributed by atoms with Crippen LogP contribution in [0.5, 0.6) is 0 Å². The smallest absolute Gasteiger partial charge is 0.382 e. The van der Waals surface area contributed by atoms with Crippen molar-refractivity contribution in [3.8, 4) is 0 Å². The molecular weight excluding hydrogens is 338 g/mol. The molecule has 0 aliphatic heterocycles. The van der Waals surface area contributed by atoms with Gasteiger partial charge in [-0.25, -0.2) is 4.39 Å². The van der Waals surface area contributed by atoms with E-state index in [0.717, 1.165) is 9.24 Å². The van der Waals surface area contributed by atoms with Crippen LogP contribution in [-0.4, -0.2) is 25.8 Å². The van der Waals surface area contributed by atoms with E-state index in [4.69, 9.17) is 8.85 Å². The molecule has 0 unspecified atom stereocenters. The van der Waals surface area contributed by atoms with Crippen molar-refractivity contribution in [1.82, 2.24) is 0 Å². The lowest BCUT2D eigenvalue weighted by Gasteiger charge is -2.28. The van der Waals surface area contributed by atoms with Gasteiger partial charge in [0, 0.05) is 17.3 Å². The van der Waals surface area contributed by atoms with E-state index in [1.165, 1.54) is 12.1 Å². The largest absolute Gasteiger partial charge is 0.391 e. The highest BCUT2D eigenvalue weighted by atomic mass is 127. The molecule has 0 aliphatic rings. The molecule has 0 saturated heterocycles. The summed E-state index contributed by atoms with van der Waals surface area (Å²) in [6, 6.07) is 6.46. The Bertz CT molecular complexity index is 312. The van der Waals surface area contributed by atoms with Crippen molar-refractivity contribution >= 4 is 36.3 Å². The Morgan fingerprint density at radius 1 is 1.12 bits per heavy atom. The van der Waals surface area contributed by atoms with E-state index in [0.29, 0.717) is 13.2 Å². The Labute approximate surface area is 111 Å². The van der Waals surface area contributed by atoms with Crippen LogP contribution >= 0.6 is 22.6 Å². The number of hydrogen-bond donors (Lipinski definition) is 0. The van der Waals surface area contributed by atoms with Crippen LogP contribution in [0.2, 0.25) is 0 Å². The zero-order chi connectivity index (χ0) is 12.0. The van der Waals surface area contributed by atoms with Crippen LogP contribution in [0.1, 0.15) is 13.8 Å². The van der Waals surface area contributed by atoms with Gasteiger partial charge >= 0.3 is 8.56 Å². The maximum absolute atomic E-state index is 12.9. The van der Waals surface area contributed by atoms with E-state index in [1.54, 1.807) is 12.1 Å². The van der Waals surface area contributed by atoms with Gasteiger partial charge in [0.25, 0.3) is 0 Å². The molecule has 0 amide bonds. The molecule has 0 aliphatic carbocycles. The normalized spacial score (nSPS) is 11.8. The maximum Gasteiger partial charge on any atom is 0.382 e. The van der Waals surface area contributed by atoms with Crippen molar-refractivity contribution < 1.29 is 13.2 Å². The third-order valence-corrected chi connectivity index (χ3v) is 8.30. The highest BCUT2D eigenvalue weighted by molar-refractivity contribution is 14.1. The minimum atomic E-state index is -2.35. The SMILES string of the molecule is CCO[Si](CI)(OCC)c1ccc(F)cc1. The lowest BCUT2D eigenvalue weighted by atomic mass is 10.3. The van der Waals surface area contributed by atoms with Gasteiger partial charge in [-0.3, -0.25) is 0 Å². The van der Waals surface area contributed by atoms with E-state index < -0.39 is 8.56 Å². The molecule has 16 heavy (non-hydrogen) atoms. The molecule has 0 spiro atoms. The number of halogens is 2. The third-order valence-electron chi connectivity index (χ3n) is 2.21. The Morgan fingerprint density at radius 3 is 2.00 bits per heavy atom. The van der Waals surface area contributed by atoms with Gasteiger partial charge in [-0.05, 0) is 31.2 Å². The van der Waals surface area contributed by atoms with Crippen molar-refractivity contribution in [1.29, 1.82) is 0 Å². The van der Waals surface area contributed by atoms with Crippen LogP contribution in [0.25, 0.3) is 0 Å². The summed E-state index contributed by atoms with van der Waals surface area (Å²) in [4.78, 5) is 0. The Balaban J connectivity index is 3.02. The molecular formula is C11H16FIO2Si. The van der Waals surface area contributed by atoms with Crippen LogP contribution < -0.4 is 5.19 Å². The second-order valence-corrected chi connectivity index (χ2v) is 8.48. The van der Waals surface area contributed by atoms with Crippen molar-refractivity contribution in [2.75, 3.05) is 17.3 Å². The minimum absolute atomic E-state index is 0.229. The van der Waals surface area contributed by atoms with E-state index in [-0.39, 0.29) is 5.82 Å². The van der Waals surface area contributed by atoms with Crippen LogP contribution in [0, 0.1) is 5.82 Å². The molecule has 0 saturated carbocycles. The average molecular weight is 354 g/mol. The number of alkyl halides is 1. The second-order valence-electron chi connectivity index (χ2n) is 3.26. The zero-order valence-corrected chi connectivity index (χ0v) is 12.7. The summed E-state index contributed by atoms with van der Waals surface area (Å²) in [6.07, 6.45) is 0. The zero-order valence-electron chi connectivity index (χ0n) is 9.50. The number of hydrogen-bond acceptors (Lipinski definition) is 2. The predicted octanol–water partition coefficient (Wildman–Crippen LogP) is 2.52. The van der Waals surface area contributed by atoms with Gasteiger partial charge in [0.1, 0.15) is 5.82 Å². The fraction of sp³-hybridized carbons (Fsp3) is 0.455. The summed E-state index contributed by atoms with van der Waals surface area (Å²) in [5, 5.41) is 0.993. The maximum atomic E-state index is 12.9. The number of rotatable bonds is 6. The first-order valence-electron chi connectivity index (χ1n) is 5.28. The van der Waals surface area contributed by atoms with Crippen LogP contribution in [0.3, 0.4) is 0 Å². The van der Waals surface area contributed by atoms with Gasteiger partial charge in [-0.2, -0.15) is 0 Å². The lowest BCUT2D eigenvalue weighted by molar-refractivity contribution is 0.202. The van der Waals surface area contributed by atoms with Gasteiger partial charge < -0.3 is 8.85 Å². The number of benzene rings is 1. The molecule has 0 atom stereocenters. The molecule has 0 radical (unpaired) electrons. The summed E-state index contributed by atoms with van der Waals surface area (Å²) in [6.45, 7) is 5.15. The molecule has 0 aromatic heterocycles. The van der Waals surface area contributed by atoms with Crippen molar-refractivity contribution in [2.45, 2.75) is 13.8 Å². The highest BCUT2D eigenvalue weighted by Gasteiger charge is 2.38. The van der Waals surface area contributed by atoms with Crippen LogP contribution in [0.15, 0.2) is 24.3 Å². The summed E-state index contributed by atoms with van der Waals surface area (Å²) >= 11 is 2.28. The Kier molecular flexibility index (Phi) is 5.88. The summed E-state index contributed by atoms with van der Waals surface area (Å²) < 4.78 is 25.3. The summed E-state index contributed by atoms with van der Waals surface area (Å²) in [5.41, 5.74) is 0. The first-order valence-corrected chi connectivity index (χ1v) is 8.83. The average Bonchev–Trinajstić information content (AvgIpc) is 2.29. The topological polar surface area (TPSA) is 18.5 Å². The Hall–Kier alpha value is 0.0169. The fourth-order valence-corrected chi connectivity index (χ4v) is 6.51. The van der Waals surface area contributed by atoms with Gasteiger partial charge in [0.2, 0.25) is 0 Å². The molecule has 1 aromatic rings. The van der Waals surface area contributed by atoms with E-state index in [9.17, 15) is 4.39 Å². The third kappa shape index (κ3) is 3.25.